The van der Waals surface area contributed by atoms with Crippen LogP contribution in [0.3, 0.4) is 0 Å². The van der Waals surface area contributed by atoms with Gasteiger partial charge in [-0.2, -0.15) is 0 Å². The Labute approximate surface area is 177 Å². The average molecular weight is 410 g/mol. The lowest BCUT2D eigenvalue weighted by molar-refractivity contribution is 0.108. The topological polar surface area (TPSA) is 44.3 Å². The van der Waals surface area contributed by atoms with Crippen LogP contribution in [0.4, 0.5) is 5.95 Å². The summed E-state index contributed by atoms with van der Waals surface area (Å²) in [6.07, 6.45) is 3.04. The molecule has 3 aromatic rings. The predicted octanol–water partition coefficient (Wildman–Crippen LogP) is 4.49. The van der Waals surface area contributed by atoms with Crippen molar-refractivity contribution in [1.82, 2.24) is 19.8 Å². The fourth-order valence-corrected chi connectivity index (χ4v) is 5.00. The first kappa shape index (κ1) is 20.3. The monoisotopic (exact) mass is 409 g/mol. The van der Waals surface area contributed by atoms with Gasteiger partial charge in [-0.3, -0.25) is 4.90 Å². The minimum absolute atomic E-state index is 0.660. The van der Waals surface area contributed by atoms with Gasteiger partial charge in [-0.1, -0.05) is 18.2 Å². The van der Waals surface area contributed by atoms with Crippen molar-refractivity contribution >= 4 is 27.4 Å². The Morgan fingerprint density at radius 2 is 1.93 bits per heavy atom. The van der Waals surface area contributed by atoms with E-state index in [0.717, 1.165) is 36.7 Å². The Hall–Kier alpha value is -2.02. The minimum atomic E-state index is 0.660. The molecule has 1 aliphatic heterocycles. The summed E-state index contributed by atoms with van der Waals surface area (Å²) in [5, 5.41) is 4.70. The van der Waals surface area contributed by atoms with Crippen molar-refractivity contribution in [2.24, 2.45) is 0 Å². The van der Waals surface area contributed by atoms with Crippen LogP contribution < -0.4 is 5.32 Å². The van der Waals surface area contributed by atoms with Crippen molar-refractivity contribution in [2.45, 2.75) is 33.2 Å². The summed E-state index contributed by atoms with van der Waals surface area (Å²) in [5.41, 5.74) is 2.15. The smallest absolute Gasteiger partial charge is 0.223 e. The van der Waals surface area contributed by atoms with Crippen LogP contribution in [0.1, 0.15) is 25.8 Å². The maximum atomic E-state index is 4.82. The lowest BCUT2D eigenvalue weighted by atomic mass is 10.2. The van der Waals surface area contributed by atoms with Crippen molar-refractivity contribution in [3.8, 4) is 10.6 Å². The van der Waals surface area contributed by atoms with E-state index in [1.54, 1.807) is 11.3 Å². The van der Waals surface area contributed by atoms with Gasteiger partial charge in [0.05, 0.1) is 10.6 Å². The lowest BCUT2D eigenvalue weighted by Crippen LogP contribution is -2.49. The summed E-state index contributed by atoms with van der Waals surface area (Å²) in [4.78, 5) is 15.6. The molecule has 0 amide bonds. The van der Waals surface area contributed by atoms with Crippen LogP contribution in [0, 0.1) is 6.92 Å². The number of thiophene rings is 1. The van der Waals surface area contributed by atoms with E-state index >= 15 is 0 Å². The van der Waals surface area contributed by atoms with Gasteiger partial charge in [0.15, 0.2) is 0 Å². The summed E-state index contributed by atoms with van der Waals surface area (Å²) in [7, 11) is 0. The maximum absolute atomic E-state index is 4.82. The highest BCUT2D eigenvalue weighted by molar-refractivity contribution is 7.22. The highest BCUT2D eigenvalue weighted by Gasteiger charge is 2.18. The highest BCUT2D eigenvalue weighted by Crippen LogP contribution is 2.34. The van der Waals surface area contributed by atoms with Gasteiger partial charge in [-0.05, 0) is 56.8 Å². The Kier molecular flexibility index (Phi) is 6.43. The Balaban J connectivity index is 1.31. The molecule has 0 unspecified atom stereocenters. The van der Waals surface area contributed by atoms with Gasteiger partial charge in [0.25, 0.3) is 0 Å². The number of nitrogens with one attached hydrogen (secondary N) is 1. The minimum Gasteiger partial charge on any atom is -0.354 e. The van der Waals surface area contributed by atoms with Crippen LogP contribution in [-0.2, 0) is 0 Å². The van der Waals surface area contributed by atoms with Crippen LogP contribution in [0.5, 0.6) is 0 Å². The first-order valence-electron chi connectivity index (χ1n) is 10.6. The van der Waals surface area contributed by atoms with Crippen LogP contribution >= 0.6 is 11.3 Å². The maximum Gasteiger partial charge on any atom is 0.223 e. The first-order valence-corrected chi connectivity index (χ1v) is 11.4. The van der Waals surface area contributed by atoms with Gasteiger partial charge in [0.1, 0.15) is 0 Å². The summed E-state index contributed by atoms with van der Waals surface area (Å²) in [6.45, 7) is 13.4. The number of nitrogens with zero attached hydrogens (tertiary/aromatic N) is 4. The second-order valence-electron chi connectivity index (χ2n) is 8.13. The molecule has 1 fully saturated rings. The second kappa shape index (κ2) is 9.20. The molecule has 1 N–H and O–H groups in total. The molecule has 5 nitrogen and oxygen atoms in total. The molecule has 3 heterocycles. The molecule has 154 valence electrons. The zero-order chi connectivity index (χ0) is 20.2. The van der Waals surface area contributed by atoms with Crippen molar-refractivity contribution in [2.75, 3.05) is 44.6 Å². The first-order chi connectivity index (χ1) is 14.1. The van der Waals surface area contributed by atoms with E-state index in [0.29, 0.717) is 6.04 Å². The fraction of sp³-hybridized carbons (Fsp3) is 0.478. The Morgan fingerprint density at radius 1 is 1.14 bits per heavy atom. The largest absolute Gasteiger partial charge is 0.354 e. The molecule has 1 aliphatic rings. The number of benzene rings is 1. The Bertz CT molecular complexity index is 910. The summed E-state index contributed by atoms with van der Waals surface area (Å²) >= 11 is 1.79. The van der Waals surface area contributed by atoms with Gasteiger partial charge in [0.2, 0.25) is 5.95 Å². The number of hydrogen-bond acceptors (Lipinski definition) is 6. The standard InChI is InChI=1S/C23H31N5S/c1-17(2)28-13-11-27(12-14-28)10-6-9-24-23-25-16-18(3)22(26-23)21-15-19-7-4-5-8-20(19)29-21/h4-5,7-8,15-17H,6,9-14H2,1-3H3,(H,24,25,26). The van der Waals surface area contributed by atoms with E-state index in [1.807, 2.05) is 6.20 Å². The van der Waals surface area contributed by atoms with Gasteiger partial charge in [0, 0.05) is 49.7 Å². The van der Waals surface area contributed by atoms with E-state index in [2.05, 4.69) is 71.2 Å². The van der Waals surface area contributed by atoms with Crippen LogP contribution in [0.2, 0.25) is 0 Å². The quantitative estimate of drug-likeness (QED) is 0.582. The SMILES string of the molecule is Cc1cnc(NCCCN2CCN(C(C)C)CC2)nc1-c1cc2ccccc2s1. The molecule has 29 heavy (non-hydrogen) atoms. The average Bonchev–Trinajstić information content (AvgIpc) is 3.16. The number of aryl methyl sites for hydroxylation is 1. The zero-order valence-corrected chi connectivity index (χ0v) is 18.5. The molecule has 0 aliphatic carbocycles. The number of hydrogen-bond donors (Lipinski definition) is 1. The van der Waals surface area contributed by atoms with Crippen LogP contribution in [0.15, 0.2) is 36.5 Å². The summed E-state index contributed by atoms with van der Waals surface area (Å²) in [5.74, 6) is 0.729. The summed E-state index contributed by atoms with van der Waals surface area (Å²) in [6, 6.07) is 11.4. The zero-order valence-electron chi connectivity index (χ0n) is 17.7. The van der Waals surface area contributed by atoms with Gasteiger partial charge in [-0.25, -0.2) is 9.97 Å². The van der Waals surface area contributed by atoms with Crippen LogP contribution in [-0.4, -0.2) is 65.1 Å². The number of fused-ring (bicyclic) bond motifs is 1. The number of rotatable bonds is 7. The fourth-order valence-electron chi connectivity index (χ4n) is 3.88. The van der Waals surface area contributed by atoms with E-state index in [4.69, 9.17) is 4.98 Å². The third-order valence-corrected chi connectivity index (χ3v) is 6.82. The van der Waals surface area contributed by atoms with Crippen molar-refractivity contribution in [1.29, 1.82) is 0 Å². The molecular formula is C23H31N5S. The third kappa shape index (κ3) is 4.94. The molecule has 2 aromatic heterocycles. The molecule has 0 atom stereocenters. The van der Waals surface area contributed by atoms with Gasteiger partial charge in [-0.15, -0.1) is 11.3 Å². The number of aromatic nitrogens is 2. The van der Waals surface area contributed by atoms with Crippen molar-refractivity contribution < 1.29 is 0 Å². The molecule has 1 aromatic carbocycles. The number of piperazine rings is 1. The highest BCUT2D eigenvalue weighted by atomic mass is 32.1. The molecule has 4 rings (SSSR count). The second-order valence-corrected chi connectivity index (χ2v) is 9.21. The summed E-state index contributed by atoms with van der Waals surface area (Å²) < 4.78 is 1.30. The lowest BCUT2D eigenvalue weighted by Gasteiger charge is -2.36. The van der Waals surface area contributed by atoms with Crippen LogP contribution in [0.25, 0.3) is 20.7 Å². The normalized spacial score (nSPS) is 16.0. The molecule has 0 radical (unpaired) electrons. The van der Waals surface area contributed by atoms with Crippen molar-refractivity contribution in [3.05, 3.63) is 42.1 Å². The molecule has 1 saturated heterocycles. The van der Waals surface area contributed by atoms with Gasteiger partial charge < -0.3 is 10.2 Å². The molecular weight excluding hydrogens is 378 g/mol. The van der Waals surface area contributed by atoms with E-state index < -0.39 is 0 Å². The van der Waals surface area contributed by atoms with E-state index in [-0.39, 0.29) is 0 Å². The Morgan fingerprint density at radius 3 is 2.69 bits per heavy atom. The molecule has 0 saturated carbocycles. The van der Waals surface area contributed by atoms with Gasteiger partial charge >= 0.3 is 0 Å². The third-order valence-electron chi connectivity index (χ3n) is 5.70. The predicted molar refractivity (Wildman–Crippen MR) is 124 cm³/mol. The van der Waals surface area contributed by atoms with E-state index in [1.165, 1.54) is 41.1 Å². The molecule has 0 bridgehead atoms. The van der Waals surface area contributed by atoms with Crippen molar-refractivity contribution in [3.63, 3.8) is 0 Å². The molecule has 0 spiro atoms. The van der Waals surface area contributed by atoms with E-state index in [9.17, 15) is 0 Å². The number of anilines is 1. The molecule has 6 heteroatoms.